The maximum absolute atomic E-state index is 10.7. The molecule has 0 fully saturated rings. The third kappa shape index (κ3) is 2.66. The van der Waals surface area contributed by atoms with Crippen LogP contribution in [0.1, 0.15) is 11.1 Å². The van der Waals surface area contributed by atoms with Crippen molar-refractivity contribution >= 4 is 25.6 Å². The first kappa shape index (κ1) is 10.4. The Bertz CT molecular complexity index is 363. The van der Waals surface area contributed by atoms with Gasteiger partial charge in [0.05, 0.1) is 0 Å². The Morgan fingerprint density at radius 2 is 2.14 bits per heavy atom. The molecule has 0 saturated heterocycles. The van der Waals surface area contributed by atoms with Crippen LogP contribution in [-0.4, -0.2) is 25.6 Å². The molecule has 0 spiro atoms. The molecule has 4 heteroatoms. The molecule has 0 saturated carbocycles. The van der Waals surface area contributed by atoms with E-state index in [4.69, 9.17) is 7.49 Å². The van der Waals surface area contributed by atoms with Crippen LogP contribution in [0, 0.1) is 0 Å². The van der Waals surface area contributed by atoms with E-state index in [0.717, 1.165) is 11.1 Å². The van der Waals surface area contributed by atoms with E-state index in [0.29, 0.717) is 6.54 Å². The van der Waals surface area contributed by atoms with Gasteiger partial charge < -0.3 is 0 Å². The fourth-order valence-corrected chi connectivity index (χ4v) is 1.08. The van der Waals surface area contributed by atoms with E-state index >= 15 is 0 Å². The van der Waals surface area contributed by atoms with E-state index in [1.165, 1.54) is 5.97 Å². The van der Waals surface area contributed by atoms with Gasteiger partial charge in [0.1, 0.15) is 0 Å². The molecule has 1 amide bonds. The van der Waals surface area contributed by atoms with Gasteiger partial charge in [-0.05, 0) is 0 Å². The van der Waals surface area contributed by atoms with Crippen LogP contribution >= 0.6 is 0 Å². The average Bonchev–Trinajstić information content (AvgIpc) is 2.26. The van der Waals surface area contributed by atoms with Crippen molar-refractivity contribution in [3.05, 3.63) is 35.4 Å². The van der Waals surface area contributed by atoms with Crippen molar-refractivity contribution in [2.75, 3.05) is 0 Å². The number of amides is 1. The van der Waals surface area contributed by atoms with Gasteiger partial charge in [-0.25, -0.2) is 0 Å². The first-order valence-corrected chi connectivity index (χ1v) is 4.13. The van der Waals surface area contributed by atoms with Crippen LogP contribution < -0.4 is 5.32 Å². The third-order valence-corrected chi connectivity index (χ3v) is 1.79. The van der Waals surface area contributed by atoms with Crippen LogP contribution in [0.3, 0.4) is 0 Å². The second kappa shape index (κ2) is 5.12. The molecule has 1 N–H and O–H groups in total. The van der Waals surface area contributed by atoms with Gasteiger partial charge in [-0.1, -0.05) is 0 Å². The Balaban J connectivity index is 2.70. The number of carbonyl (C=O) groups excluding carboxylic acids is 2. The van der Waals surface area contributed by atoms with Crippen LogP contribution in [0.2, 0.25) is 0 Å². The van der Waals surface area contributed by atoms with Gasteiger partial charge in [0.15, 0.2) is 0 Å². The monoisotopic (exact) mass is 186 g/mol. The van der Waals surface area contributed by atoms with Crippen LogP contribution in [0.5, 0.6) is 0 Å². The number of aldehydes is 1. The topological polar surface area (TPSA) is 46.2 Å². The fraction of sp³-hybridized carbons (Fsp3) is 0.100. The van der Waals surface area contributed by atoms with Crippen LogP contribution in [0.15, 0.2) is 24.3 Å². The second-order valence-electron chi connectivity index (χ2n) is 2.70. The van der Waals surface area contributed by atoms with E-state index in [2.05, 4.69) is 5.32 Å². The summed E-state index contributed by atoms with van der Waals surface area (Å²) in [6.07, 6.45) is 0.245. The molecule has 0 heterocycles. The second-order valence-corrected chi connectivity index (χ2v) is 2.70. The number of rotatable bonds is 4. The predicted molar refractivity (Wildman–Crippen MR) is 55.3 cm³/mol. The summed E-state index contributed by atoms with van der Waals surface area (Å²) in [6, 6.07) is 7.37. The van der Waals surface area contributed by atoms with E-state index in [-0.39, 0.29) is 6.29 Å². The number of carbonyl (C=O) groups is 2. The van der Waals surface area contributed by atoms with Gasteiger partial charge >= 0.3 is 82.5 Å². The maximum atomic E-state index is 10.7. The molecule has 1 radical (unpaired) electrons. The van der Waals surface area contributed by atoms with E-state index < -0.39 is 5.91 Å². The van der Waals surface area contributed by atoms with Gasteiger partial charge in [0, 0.05) is 0 Å². The van der Waals surface area contributed by atoms with Crippen LogP contribution in [-0.2, 0) is 16.1 Å². The molecule has 0 aliphatic carbocycles. The van der Waals surface area contributed by atoms with Gasteiger partial charge in [-0.15, -0.1) is 0 Å². The first-order chi connectivity index (χ1) is 6.77. The number of nitrogens with one attached hydrogen (secondary N) is 1. The van der Waals surface area contributed by atoms with Crippen molar-refractivity contribution in [2.45, 2.75) is 6.54 Å². The van der Waals surface area contributed by atoms with Crippen LogP contribution in [0.4, 0.5) is 0 Å². The van der Waals surface area contributed by atoms with Gasteiger partial charge in [-0.2, -0.15) is 0 Å². The van der Waals surface area contributed by atoms with Crippen molar-refractivity contribution in [3.8, 4) is 0 Å². The summed E-state index contributed by atoms with van der Waals surface area (Å²) in [5.74, 6) is 0.833. The van der Waals surface area contributed by atoms with Gasteiger partial charge in [0.2, 0.25) is 0 Å². The molecule has 0 aliphatic heterocycles. The predicted octanol–water partition coefficient (Wildman–Crippen LogP) is -0.180. The standard InChI is InChI=1S/C10H9BNO2/c11-5-8-3-1-2-4-9(8)6-12-10(14)7-13/h1-5,7H,6H2,(H,12,14). The normalized spacial score (nSPS) is 9.07. The first-order valence-electron chi connectivity index (χ1n) is 4.13. The Morgan fingerprint density at radius 1 is 1.43 bits per heavy atom. The van der Waals surface area contributed by atoms with Crippen molar-refractivity contribution < 1.29 is 9.59 Å². The molecule has 69 valence electrons. The molecule has 1 rings (SSSR count). The van der Waals surface area contributed by atoms with Crippen molar-refractivity contribution in [1.29, 1.82) is 0 Å². The summed E-state index contributed by atoms with van der Waals surface area (Å²) in [5, 5.41) is 2.44. The van der Waals surface area contributed by atoms with E-state index in [9.17, 15) is 9.59 Å². The Labute approximate surface area is 83.2 Å². The van der Waals surface area contributed by atoms with E-state index in [1.54, 1.807) is 0 Å². The van der Waals surface area contributed by atoms with Crippen molar-refractivity contribution in [3.63, 3.8) is 0 Å². The number of benzene rings is 1. The summed E-state index contributed by atoms with van der Waals surface area (Å²) in [7, 11) is 5.38. The average molecular weight is 186 g/mol. The Hall–Kier alpha value is -1.71. The zero-order valence-corrected chi connectivity index (χ0v) is 7.57. The van der Waals surface area contributed by atoms with Crippen molar-refractivity contribution in [1.82, 2.24) is 5.32 Å². The Morgan fingerprint density at radius 3 is 2.79 bits per heavy atom. The minimum atomic E-state index is -0.628. The Kier molecular flexibility index (Phi) is 3.79. The van der Waals surface area contributed by atoms with Crippen molar-refractivity contribution in [2.24, 2.45) is 0 Å². The molecule has 14 heavy (non-hydrogen) atoms. The minimum absolute atomic E-state index is 0.245. The number of hydrogen-bond acceptors (Lipinski definition) is 2. The summed E-state index contributed by atoms with van der Waals surface area (Å²) >= 11 is 0. The molecule has 0 unspecified atom stereocenters. The zero-order chi connectivity index (χ0) is 10.4. The summed E-state index contributed by atoms with van der Waals surface area (Å²) in [4.78, 5) is 20.7. The molecular weight excluding hydrogens is 177 g/mol. The number of hydrogen-bond donors (Lipinski definition) is 1. The van der Waals surface area contributed by atoms with E-state index in [1.807, 2.05) is 24.3 Å². The fourth-order valence-electron chi connectivity index (χ4n) is 1.08. The quantitative estimate of drug-likeness (QED) is 0.402. The molecule has 0 aliphatic rings. The molecular formula is C10H9BNO2. The molecule has 1 aromatic carbocycles. The molecule has 0 aromatic heterocycles. The molecule has 3 nitrogen and oxygen atoms in total. The SMILES string of the molecule is [B]=Cc1ccccc1CNC(=O)C=O. The van der Waals surface area contributed by atoms with Crippen LogP contribution in [0.25, 0.3) is 0 Å². The zero-order valence-electron chi connectivity index (χ0n) is 7.57. The van der Waals surface area contributed by atoms with Gasteiger partial charge in [0.25, 0.3) is 0 Å². The summed E-state index contributed by atoms with van der Waals surface area (Å²) in [5.41, 5.74) is 1.73. The molecule has 0 bridgehead atoms. The summed E-state index contributed by atoms with van der Waals surface area (Å²) in [6.45, 7) is 0.307. The third-order valence-electron chi connectivity index (χ3n) is 1.79. The molecule has 1 aromatic rings. The van der Waals surface area contributed by atoms with Gasteiger partial charge in [-0.3, -0.25) is 0 Å². The molecule has 0 atom stereocenters. The summed E-state index contributed by atoms with van der Waals surface area (Å²) < 4.78 is 0.